The molecule has 14 heavy (non-hydrogen) atoms. The summed E-state index contributed by atoms with van der Waals surface area (Å²) >= 11 is 2.63. The topological polar surface area (TPSA) is 35.8 Å². The van der Waals surface area contributed by atoms with Crippen LogP contribution in [0, 0.1) is 5.92 Å². The molecule has 1 rings (SSSR count). The van der Waals surface area contributed by atoms with E-state index in [9.17, 15) is 5.21 Å². The summed E-state index contributed by atoms with van der Waals surface area (Å²) in [5.74, 6) is 0.378. The maximum atomic E-state index is 10.0. The molecule has 1 N–H and O–H groups in total. The fourth-order valence-corrected chi connectivity index (χ4v) is 2.48. The van der Waals surface area contributed by atoms with Crippen molar-refractivity contribution < 1.29 is 5.21 Å². The summed E-state index contributed by atoms with van der Waals surface area (Å²) < 4.78 is 2.67. The van der Waals surface area contributed by atoms with Crippen molar-refractivity contribution in [2.24, 2.45) is 10.9 Å². The molecule has 4 heteroatoms. The van der Waals surface area contributed by atoms with Crippen LogP contribution in [0.15, 0.2) is 4.99 Å². The molecule has 0 aliphatic carbocycles. The quantitative estimate of drug-likeness (QED) is 0.601. The van der Waals surface area contributed by atoms with Crippen molar-refractivity contribution in [2.75, 3.05) is 6.54 Å². The summed E-state index contributed by atoms with van der Waals surface area (Å²) in [7, 11) is 0. The average Bonchev–Trinajstić information content (AvgIpc) is 2.23. The Morgan fingerprint density at radius 2 is 2.07 bits per heavy atom. The van der Waals surface area contributed by atoms with Crippen LogP contribution >= 0.6 is 0 Å². The van der Waals surface area contributed by atoms with E-state index in [1.807, 2.05) is 0 Å². The molecule has 1 heterocycles. The van der Waals surface area contributed by atoms with E-state index >= 15 is 0 Å². The van der Waals surface area contributed by atoms with Crippen molar-refractivity contribution in [3.05, 3.63) is 0 Å². The Balaban J connectivity index is 2.85. The molecule has 0 radical (unpaired) electrons. The first kappa shape index (κ1) is 12.1. The predicted octanol–water partition coefficient (Wildman–Crippen LogP) is 1.33. The van der Waals surface area contributed by atoms with Crippen LogP contribution < -0.4 is 0 Å². The van der Waals surface area contributed by atoms with Gasteiger partial charge < -0.3 is 0 Å². The molecule has 0 saturated carbocycles. The van der Waals surface area contributed by atoms with Crippen molar-refractivity contribution in [2.45, 2.75) is 45.2 Å². The zero-order chi connectivity index (χ0) is 11.0. The van der Waals surface area contributed by atoms with E-state index in [1.165, 1.54) is 5.06 Å². The molecule has 1 aliphatic heterocycles. The zero-order valence-electron chi connectivity index (χ0n) is 9.24. The molecule has 1 aliphatic rings. The number of rotatable bonds is 2. The summed E-state index contributed by atoms with van der Waals surface area (Å²) in [6.45, 7) is 8.95. The monoisotopic (exact) mass is 262 g/mol. The molecule has 0 amide bonds. The van der Waals surface area contributed by atoms with Crippen molar-refractivity contribution in [1.29, 1.82) is 0 Å². The molecule has 80 valence electrons. The Hall–Kier alpha value is 0.0195. The molecule has 1 unspecified atom stereocenters. The van der Waals surface area contributed by atoms with Gasteiger partial charge in [-0.15, -0.1) is 0 Å². The third-order valence-electron chi connectivity index (χ3n) is 3.24. The second-order valence-corrected chi connectivity index (χ2v) is 5.49. The number of hydroxylamine groups is 2. The standard InChI is InChI=1S/C10H18N2OSe/c1-9(2)5-8(6-11-7-14)10(3,4)12(9)13/h8,13H,5-6H2,1-4H3. The van der Waals surface area contributed by atoms with Crippen molar-refractivity contribution in [3.63, 3.8) is 0 Å². The van der Waals surface area contributed by atoms with Gasteiger partial charge in [0.05, 0.1) is 0 Å². The van der Waals surface area contributed by atoms with E-state index in [-0.39, 0.29) is 11.1 Å². The fraction of sp³-hybridized carbons (Fsp3) is 0.900. The molecule has 1 atom stereocenters. The first-order valence-electron chi connectivity index (χ1n) is 4.85. The van der Waals surface area contributed by atoms with Crippen LogP contribution in [0.3, 0.4) is 0 Å². The summed E-state index contributed by atoms with van der Waals surface area (Å²) in [5.41, 5.74) is -0.356. The molecule has 1 fully saturated rings. The van der Waals surface area contributed by atoms with Crippen LogP contribution in [0.2, 0.25) is 0 Å². The van der Waals surface area contributed by atoms with Gasteiger partial charge in [0.25, 0.3) is 0 Å². The molecule has 3 nitrogen and oxygen atoms in total. The van der Waals surface area contributed by atoms with E-state index in [4.69, 9.17) is 0 Å². The van der Waals surface area contributed by atoms with Crippen LogP contribution in [0.1, 0.15) is 34.1 Å². The first-order valence-corrected chi connectivity index (χ1v) is 5.71. The van der Waals surface area contributed by atoms with E-state index < -0.39 is 0 Å². The zero-order valence-corrected chi connectivity index (χ0v) is 11.0. The first-order chi connectivity index (χ1) is 6.32. The van der Waals surface area contributed by atoms with E-state index in [0.29, 0.717) is 5.92 Å². The van der Waals surface area contributed by atoms with Gasteiger partial charge in [-0.25, -0.2) is 0 Å². The van der Waals surface area contributed by atoms with Crippen molar-refractivity contribution >= 4 is 20.3 Å². The molecule has 0 aromatic heterocycles. The van der Waals surface area contributed by atoms with E-state index in [2.05, 4.69) is 53.0 Å². The van der Waals surface area contributed by atoms with Crippen molar-refractivity contribution in [3.8, 4) is 0 Å². The molecular weight excluding hydrogens is 243 g/mol. The molecule has 0 aromatic rings. The van der Waals surface area contributed by atoms with Gasteiger partial charge in [-0.2, -0.15) is 0 Å². The molecule has 1 saturated heterocycles. The van der Waals surface area contributed by atoms with Gasteiger partial charge in [0.2, 0.25) is 0 Å². The average molecular weight is 261 g/mol. The Bertz CT molecular complexity index is 269. The van der Waals surface area contributed by atoms with Crippen LogP contribution in [0.5, 0.6) is 0 Å². The predicted molar refractivity (Wildman–Crippen MR) is 57.9 cm³/mol. The van der Waals surface area contributed by atoms with Crippen LogP contribution in [-0.2, 0) is 0 Å². The Morgan fingerprint density at radius 3 is 2.43 bits per heavy atom. The fourth-order valence-electron chi connectivity index (χ4n) is 2.33. The van der Waals surface area contributed by atoms with E-state index in [0.717, 1.165) is 13.0 Å². The third-order valence-corrected chi connectivity index (χ3v) is 3.51. The number of nitrogens with zero attached hydrogens (tertiary/aromatic N) is 2. The molecule has 0 bridgehead atoms. The summed E-state index contributed by atoms with van der Waals surface area (Å²) in [6.07, 6.45) is 0.960. The third kappa shape index (κ3) is 2.00. The summed E-state index contributed by atoms with van der Waals surface area (Å²) in [6, 6.07) is 0. The summed E-state index contributed by atoms with van der Waals surface area (Å²) in [4.78, 5) is 4.11. The number of hydrogen-bond acceptors (Lipinski definition) is 3. The molecule has 0 spiro atoms. The minimum atomic E-state index is -0.205. The number of aliphatic imine (C=N–C) groups is 1. The Labute approximate surface area is 93.5 Å². The van der Waals surface area contributed by atoms with Crippen LogP contribution in [0.4, 0.5) is 0 Å². The molecule has 0 aromatic carbocycles. The van der Waals surface area contributed by atoms with Gasteiger partial charge in [-0.1, -0.05) is 0 Å². The van der Waals surface area contributed by atoms with Gasteiger partial charge in [-0.05, 0) is 0 Å². The van der Waals surface area contributed by atoms with E-state index in [1.54, 1.807) is 0 Å². The maximum absolute atomic E-state index is 10.0. The van der Waals surface area contributed by atoms with Gasteiger partial charge >= 0.3 is 93.2 Å². The van der Waals surface area contributed by atoms with Crippen LogP contribution in [-0.4, -0.2) is 48.2 Å². The molecular formula is C10H18N2OSe. The van der Waals surface area contributed by atoms with Gasteiger partial charge in [0.1, 0.15) is 0 Å². The normalized spacial score (nSPS) is 29.9. The van der Waals surface area contributed by atoms with Gasteiger partial charge in [0.15, 0.2) is 0 Å². The van der Waals surface area contributed by atoms with Crippen LogP contribution in [0.25, 0.3) is 0 Å². The van der Waals surface area contributed by atoms with Gasteiger partial charge in [0, 0.05) is 0 Å². The Kier molecular flexibility index (Phi) is 3.35. The second kappa shape index (κ2) is 3.88. The second-order valence-electron chi connectivity index (χ2n) is 5.11. The van der Waals surface area contributed by atoms with Crippen molar-refractivity contribution in [1.82, 2.24) is 5.06 Å². The van der Waals surface area contributed by atoms with Gasteiger partial charge in [-0.3, -0.25) is 0 Å². The number of hydrogen-bond donors (Lipinski definition) is 1. The summed E-state index contributed by atoms with van der Waals surface area (Å²) in [5, 5.41) is 11.5. The SMILES string of the molecule is CC1(C)CC(CN=C=[Se])C(C)(C)N1O. The minimum absolute atomic E-state index is 0.152. The Morgan fingerprint density at radius 1 is 1.50 bits per heavy atom.